The highest BCUT2D eigenvalue weighted by molar-refractivity contribution is 5.76. The molecule has 2 rings (SSSR count). The van der Waals surface area contributed by atoms with Crippen LogP contribution in [0.2, 0.25) is 0 Å². The van der Waals surface area contributed by atoms with Crippen LogP contribution in [0.15, 0.2) is 0 Å². The summed E-state index contributed by atoms with van der Waals surface area (Å²) in [5.41, 5.74) is 0.722. The first-order chi connectivity index (χ1) is 7.35. The Bertz CT molecular complexity index is 278. The minimum atomic E-state index is 0.200. The van der Waals surface area contributed by atoms with Crippen molar-refractivity contribution in [2.45, 2.75) is 59.0 Å². The third-order valence-electron chi connectivity index (χ3n) is 4.66. The molecule has 2 N–H and O–H groups in total. The van der Waals surface area contributed by atoms with Crippen LogP contribution in [-0.4, -0.2) is 24.5 Å². The standard InChI is InChI=1S/C13H24N2O/c1-12(2)11(13(12,3)4)14-8-7-10(16)15-9-5-6-9/h9,11,14H,5-8H2,1-4H3,(H,15,16). The second-order valence-corrected chi connectivity index (χ2v) is 6.42. The van der Waals surface area contributed by atoms with E-state index in [4.69, 9.17) is 0 Å². The van der Waals surface area contributed by atoms with Gasteiger partial charge in [-0.1, -0.05) is 27.7 Å². The maximum Gasteiger partial charge on any atom is 0.221 e. The van der Waals surface area contributed by atoms with Crippen LogP contribution in [0, 0.1) is 10.8 Å². The average Bonchev–Trinajstić information content (AvgIpc) is 3.01. The molecule has 0 radical (unpaired) electrons. The fraction of sp³-hybridized carbons (Fsp3) is 0.923. The normalized spacial score (nSPS) is 26.5. The van der Waals surface area contributed by atoms with Crippen LogP contribution in [0.1, 0.15) is 47.0 Å². The summed E-state index contributed by atoms with van der Waals surface area (Å²) >= 11 is 0. The Hall–Kier alpha value is -0.570. The van der Waals surface area contributed by atoms with Crippen molar-refractivity contribution < 1.29 is 4.79 Å². The molecule has 2 aliphatic rings. The van der Waals surface area contributed by atoms with Gasteiger partial charge in [0.25, 0.3) is 0 Å². The van der Waals surface area contributed by atoms with Gasteiger partial charge in [0, 0.05) is 25.0 Å². The first-order valence-corrected chi connectivity index (χ1v) is 6.38. The number of amides is 1. The van der Waals surface area contributed by atoms with Gasteiger partial charge < -0.3 is 10.6 Å². The second-order valence-electron chi connectivity index (χ2n) is 6.42. The van der Waals surface area contributed by atoms with E-state index < -0.39 is 0 Å². The molecule has 1 amide bonds. The minimum Gasteiger partial charge on any atom is -0.353 e. The molecule has 0 atom stereocenters. The lowest BCUT2D eigenvalue weighted by molar-refractivity contribution is -0.121. The van der Waals surface area contributed by atoms with E-state index in [-0.39, 0.29) is 5.91 Å². The Morgan fingerprint density at radius 1 is 1.19 bits per heavy atom. The number of hydrogen-bond acceptors (Lipinski definition) is 2. The van der Waals surface area contributed by atoms with Gasteiger partial charge in [-0.05, 0) is 23.7 Å². The maximum absolute atomic E-state index is 11.5. The van der Waals surface area contributed by atoms with Crippen LogP contribution in [0.3, 0.4) is 0 Å². The predicted octanol–water partition coefficient (Wildman–Crippen LogP) is 1.68. The molecule has 0 bridgehead atoms. The molecule has 0 saturated heterocycles. The first kappa shape index (κ1) is 11.9. The van der Waals surface area contributed by atoms with E-state index in [9.17, 15) is 4.79 Å². The fourth-order valence-corrected chi connectivity index (χ4v) is 2.56. The Morgan fingerprint density at radius 2 is 1.75 bits per heavy atom. The summed E-state index contributed by atoms with van der Waals surface area (Å²) in [4.78, 5) is 11.5. The van der Waals surface area contributed by atoms with Crippen molar-refractivity contribution >= 4 is 5.91 Å². The van der Waals surface area contributed by atoms with Gasteiger partial charge in [0.2, 0.25) is 5.91 Å². The van der Waals surface area contributed by atoms with E-state index >= 15 is 0 Å². The summed E-state index contributed by atoms with van der Waals surface area (Å²) in [7, 11) is 0. The van der Waals surface area contributed by atoms with Gasteiger partial charge in [-0.15, -0.1) is 0 Å². The molecule has 2 aliphatic carbocycles. The predicted molar refractivity (Wildman–Crippen MR) is 65.1 cm³/mol. The SMILES string of the molecule is CC1(C)C(NCCC(=O)NC2CC2)C1(C)C. The largest absolute Gasteiger partial charge is 0.353 e. The number of nitrogens with one attached hydrogen (secondary N) is 2. The van der Waals surface area contributed by atoms with Crippen LogP contribution < -0.4 is 10.6 Å². The molecule has 3 heteroatoms. The highest BCUT2D eigenvalue weighted by Crippen LogP contribution is 2.62. The molecule has 2 fully saturated rings. The number of carbonyl (C=O) groups excluding carboxylic acids is 1. The monoisotopic (exact) mass is 224 g/mol. The molecule has 0 aliphatic heterocycles. The summed E-state index contributed by atoms with van der Waals surface area (Å²) in [6.07, 6.45) is 2.95. The van der Waals surface area contributed by atoms with Crippen molar-refractivity contribution in [1.29, 1.82) is 0 Å². The zero-order valence-corrected chi connectivity index (χ0v) is 10.9. The van der Waals surface area contributed by atoms with Gasteiger partial charge in [0.15, 0.2) is 0 Å². The van der Waals surface area contributed by atoms with Gasteiger partial charge in [-0.2, -0.15) is 0 Å². The molecule has 0 heterocycles. The summed E-state index contributed by atoms with van der Waals surface area (Å²) in [6, 6.07) is 1.04. The van der Waals surface area contributed by atoms with E-state index in [1.807, 2.05) is 0 Å². The van der Waals surface area contributed by atoms with Crippen LogP contribution >= 0.6 is 0 Å². The van der Waals surface area contributed by atoms with E-state index in [1.54, 1.807) is 0 Å². The lowest BCUT2D eigenvalue weighted by atomic mass is 10.0. The highest BCUT2D eigenvalue weighted by Gasteiger charge is 2.64. The molecule has 0 aromatic rings. The number of hydrogen-bond donors (Lipinski definition) is 2. The number of rotatable bonds is 5. The van der Waals surface area contributed by atoms with Gasteiger partial charge in [0.1, 0.15) is 0 Å². The van der Waals surface area contributed by atoms with Gasteiger partial charge in [-0.3, -0.25) is 4.79 Å². The van der Waals surface area contributed by atoms with Crippen molar-refractivity contribution in [3.8, 4) is 0 Å². The van der Waals surface area contributed by atoms with Gasteiger partial charge in [-0.25, -0.2) is 0 Å². The third kappa shape index (κ3) is 2.10. The van der Waals surface area contributed by atoms with Gasteiger partial charge in [0.05, 0.1) is 0 Å². The van der Waals surface area contributed by atoms with Crippen molar-refractivity contribution in [2.75, 3.05) is 6.54 Å². The number of carbonyl (C=O) groups is 1. The Labute approximate surface area is 98.4 Å². The van der Waals surface area contributed by atoms with Gasteiger partial charge >= 0.3 is 0 Å². The molecule has 0 spiro atoms. The van der Waals surface area contributed by atoms with Crippen LogP contribution in [0.25, 0.3) is 0 Å². The molecule has 0 unspecified atom stereocenters. The summed E-state index contributed by atoms with van der Waals surface area (Å²) in [6.45, 7) is 9.95. The van der Waals surface area contributed by atoms with Crippen LogP contribution in [0.4, 0.5) is 0 Å². The molecule has 0 aromatic carbocycles. The molecule has 92 valence electrons. The minimum absolute atomic E-state index is 0.200. The highest BCUT2D eigenvalue weighted by atomic mass is 16.1. The van der Waals surface area contributed by atoms with Crippen molar-refractivity contribution in [2.24, 2.45) is 10.8 Å². The molecule has 16 heavy (non-hydrogen) atoms. The fourth-order valence-electron chi connectivity index (χ4n) is 2.56. The van der Waals surface area contributed by atoms with Crippen molar-refractivity contribution in [1.82, 2.24) is 10.6 Å². The topological polar surface area (TPSA) is 41.1 Å². The van der Waals surface area contributed by atoms with Crippen molar-refractivity contribution in [3.05, 3.63) is 0 Å². The van der Waals surface area contributed by atoms with Crippen molar-refractivity contribution in [3.63, 3.8) is 0 Å². The summed E-state index contributed by atoms with van der Waals surface area (Å²) < 4.78 is 0. The molecular weight excluding hydrogens is 200 g/mol. The summed E-state index contributed by atoms with van der Waals surface area (Å²) in [5, 5.41) is 6.51. The maximum atomic E-state index is 11.5. The molecular formula is C13H24N2O. The first-order valence-electron chi connectivity index (χ1n) is 6.38. The Morgan fingerprint density at radius 3 is 2.19 bits per heavy atom. The molecule has 2 saturated carbocycles. The van der Waals surface area contributed by atoms with E-state index in [1.165, 1.54) is 12.8 Å². The van der Waals surface area contributed by atoms with E-state index in [0.29, 0.717) is 29.3 Å². The van der Waals surface area contributed by atoms with Crippen LogP contribution in [0.5, 0.6) is 0 Å². The Balaban J connectivity index is 1.63. The molecule has 0 aromatic heterocycles. The second kappa shape index (κ2) is 3.73. The summed E-state index contributed by atoms with van der Waals surface area (Å²) in [5.74, 6) is 0.200. The van der Waals surface area contributed by atoms with Crippen LogP contribution in [-0.2, 0) is 4.79 Å². The molecule has 3 nitrogen and oxygen atoms in total. The Kier molecular flexibility index (Phi) is 2.77. The van der Waals surface area contributed by atoms with E-state index in [0.717, 1.165) is 6.54 Å². The lowest BCUT2D eigenvalue weighted by Gasteiger charge is -2.06. The quantitative estimate of drug-likeness (QED) is 0.746. The zero-order chi connectivity index (χ0) is 12.0. The van der Waals surface area contributed by atoms with E-state index in [2.05, 4.69) is 38.3 Å². The smallest absolute Gasteiger partial charge is 0.221 e. The third-order valence-corrected chi connectivity index (χ3v) is 4.66. The zero-order valence-electron chi connectivity index (χ0n) is 10.9. The average molecular weight is 224 g/mol. The lowest BCUT2D eigenvalue weighted by Crippen LogP contribution is -2.31.